The summed E-state index contributed by atoms with van der Waals surface area (Å²) in [4.78, 5) is 60.0. The second-order valence-electron chi connectivity index (χ2n) is 15.9. The van der Waals surface area contributed by atoms with Gasteiger partial charge < -0.3 is 19.8 Å². The van der Waals surface area contributed by atoms with Crippen molar-refractivity contribution in [3.63, 3.8) is 0 Å². The molecule has 5 aliphatic rings. The Bertz CT molecular complexity index is 2380. The maximum atomic E-state index is 15.2. The first-order valence-electron chi connectivity index (χ1n) is 19.9. The Morgan fingerprint density at radius 3 is 2.39 bits per heavy atom. The first-order valence-corrected chi connectivity index (χ1v) is 19.9. The lowest BCUT2D eigenvalue weighted by Gasteiger charge is -2.45. The van der Waals surface area contributed by atoms with E-state index >= 15 is 13.2 Å². The highest BCUT2D eigenvalue weighted by Gasteiger charge is 2.68. The van der Waals surface area contributed by atoms with Crippen molar-refractivity contribution in [2.24, 2.45) is 0 Å². The molecule has 302 valence electrons. The highest BCUT2D eigenvalue weighted by molar-refractivity contribution is 6.23. The van der Waals surface area contributed by atoms with Gasteiger partial charge in [-0.3, -0.25) is 24.3 Å². The minimum atomic E-state index is -5.09. The summed E-state index contributed by atoms with van der Waals surface area (Å²) in [6.07, 6.45) is 2.72. The average Bonchev–Trinajstić information content (AvgIpc) is 3.85. The number of alkyl halides is 3. The minimum Gasteiger partial charge on any atom is -0.469 e. The van der Waals surface area contributed by atoms with Crippen LogP contribution in [0.15, 0.2) is 24.3 Å². The zero-order valence-electron chi connectivity index (χ0n) is 33.8. The number of methoxy groups -OCH3 is 1. The zero-order chi connectivity index (χ0) is 41.4. The molecule has 13 heteroatoms. The highest BCUT2D eigenvalue weighted by atomic mass is 19.4. The number of aliphatic hydroxyl groups is 1. The number of H-pyrrole nitrogens is 2. The highest BCUT2D eigenvalue weighted by Crippen LogP contribution is 2.59. The van der Waals surface area contributed by atoms with Crippen LogP contribution in [0.1, 0.15) is 164 Å². The van der Waals surface area contributed by atoms with E-state index in [1.54, 1.807) is 19.1 Å². The Hall–Kier alpha value is -5.04. The number of ether oxygens (including phenoxy) is 1. The number of unbranched alkanes of at least 4 members (excludes halogenated alkanes) is 3. The number of amides is 2. The first-order chi connectivity index (χ1) is 27.0. The number of esters is 1. The molecule has 2 unspecified atom stereocenters. The topological polar surface area (TPSA) is 141 Å². The number of carbonyl (C=O) groups is 3. The molecule has 2 aromatic heterocycles. The molecular formula is C44H50F3N5O5. The Morgan fingerprint density at radius 1 is 1.02 bits per heavy atom. The number of allylic oxidation sites excluding steroid dienone is 3. The quantitative estimate of drug-likeness (QED) is 0.131. The molecule has 2 amide bonds. The molecule has 2 aromatic rings. The van der Waals surface area contributed by atoms with Crippen molar-refractivity contribution in [1.29, 1.82) is 0 Å². The van der Waals surface area contributed by atoms with E-state index in [0.29, 0.717) is 63.3 Å². The summed E-state index contributed by atoms with van der Waals surface area (Å²) in [5.74, 6) is -2.39. The van der Waals surface area contributed by atoms with Gasteiger partial charge >= 0.3 is 12.1 Å². The van der Waals surface area contributed by atoms with E-state index in [0.717, 1.165) is 36.5 Å². The lowest BCUT2D eigenvalue weighted by atomic mass is 9.62. The van der Waals surface area contributed by atoms with Crippen molar-refractivity contribution in [2.45, 2.75) is 122 Å². The van der Waals surface area contributed by atoms with Crippen molar-refractivity contribution in [3.05, 3.63) is 80.7 Å². The van der Waals surface area contributed by atoms with Gasteiger partial charge in [0.2, 0.25) is 0 Å². The van der Waals surface area contributed by atoms with E-state index in [-0.39, 0.29) is 41.9 Å². The van der Waals surface area contributed by atoms with Gasteiger partial charge in [-0.25, -0.2) is 4.98 Å². The minimum absolute atomic E-state index is 0.00206. The molecule has 8 bridgehead atoms. The fourth-order valence-electron chi connectivity index (χ4n) is 9.55. The molecule has 10 nitrogen and oxygen atoms in total. The predicted molar refractivity (Wildman–Crippen MR) is 213 cm³/mol. The van der Waals surface area contributed by atoms with E-state index in [2.05, 4.69) is 16.9 Å². The van der Waals surface area contributed by atoms with E-state index < -0.39 is 46.8 Å². The third kappa shape index (κ3) is 5.89. The third-order valence-corrected chi connectivity index (χ3v) is 12.9. The third-order valence-electron chi connectivity index (χ3n) is 12.9. The van der Waals surface area contributed by atoms with E-state index in [1.807, 2.05) is 33.8 Å². The van der Waals surface area contributed by atoms with Gasteiger partial charge in [0.1, 0.15) is 0 Å². The number of carbonyl (C=O) groups excluding carboxylic acids is 3. The maximum Gasteiger partial charge on any atom is 0.422 e. The molecule has 4 aliphatic heterocycles. The van der Waals surface area contributed by atoms with Gasteiger partial charge in [-0.15, -0.1) is 0 Å². The first kappa shape index (κ1) is 40.2. The van der Waals surface area contributed by atoms with Crippen LogP contribution in [-0.2, 0) is 14.9 Å². The smallest absolute Gasteiger partial charge is 0.422 e. The van der Waals surface area contributed by atoms with Crippen LogP contribution in [0.2, 0.25) is 0 Å². The summed E-state index contributed by atoms with van der Waals surface area (Å²) in [5, 5.41) is 11.8. The molecule has 7 rings (SSSR count). The van der Waals surface area contributed by atoms with Crippen LogP contribution < -0.4 is 0 Å². The van der Waals surface area contributed by atoms with Gasteiger partial charge in [-0.1, -0.05) is 52.2 Å². The molecule has 0 saturated heterocycles. The zero-order valence-corrected chi connectivity index (χ0v) is 33.8. The molecular weight excluding hydrogens is 736 g/mol. The van der Waals surface area contributed by atoms with Gasteiger partial charge in [0.15, 0.2) is 5.60 Å². The number of aromatic nitrogens is 4. The van der Waals surface area contributed by atoms with Gasteiger partial charge in [0, 0.05) is 47.3 Å². The molecule has 0 radical (unpaired) electrons. The van der Waals surface area contributed by atoms with Crippen molar-refractivity contribution < 1.29 is 37.4 Å². The molecule has 57 heavy (non-hydrogen) atoms. The maximum absolute atomic E-state index is 15.2. The molecule has 0 fully saturated rings. The van der Waals surface area contributed by atoms with Gasteiger partial charge in [0.25, 0.3) is 11.8 Å². The Kier molecular flexibility index (Phi) is 10.2. The van der Waals surface area contributed by atoms with Gasteiger partial charge in [-0.05, 0) is 87.4 Å². The summed E-state index contributed by atoms with van der Waals surface area (Å²) in [7, 11) is 1.30. The fourth-order valence-corrected chi connectivity index (χ4v) is 9.55. The van der Waals surface area contributed by atoms with Crippen LogP contribution >= 0.6 is 0 Å². The van der Waals surface area contributed by atoms with Crippen LogP contribution in [0.3, 0.4) is 0 Å². The van der Waals surface area contributed by atoms with Gasteiger partial charge in [0.05, 0.1) is 51.9 Å². The van der Waals surface area contributed by atoms with Crippen LogP contribution in [0.5, 0.6) is 0 Å². The Morgan fingerprint density at radius 2 is 1.74 bits per heavy atom. The largest absolute Gasteiger partial charge is 0.469 e. The number of hydrogen-bond acceptors (Lipinski definition) is 7. The normalized spacial score (nSPS) is 24.1. The molecule has 6 heterocycles. The van der Waals surface area contributed by atoms with Gasteiger partial charge in [-0.2, -0.15) is 13.2 Å². The van der Waals surface area contributed by atoms with Crippen LogP contribution in [0, 0.1) is 6.92 Å². The monoisotopic (exact) mass is 785 g/mol. The Balaban J connectivity index is 1.67. The summed E-state index contributed by atoms with van der Waals surface area (Å²) in [6, 6.07) is 3.54. The number of aromatic amines is 2. The second-order valence-corrected chi connectivity index (χ2v) is 15.9. The van der Waals surface area contributed by atoms with Crippen LogP contribution in [-0.4, -0.2) is 73.2 Å². The number of aryl methyl sites for hydroxylation is 1. The number of hydrogen-bond donors (Lipinski definition) is 3. The summed E-state index contributed by atoms with van der Waals surface area (Å²) < 4.78 is 50.7. The molecule has 0 spiro atoms. The van der Waals surface area contributed by atoms with Crippen molar-refractivity contribution in [1.82, 2.24) is 24.8 Å². The van der Waals surface area contributed by atoms with Crippen molar-refractivity contribution in [2.75, 3.05) is 13.7 Å². The summed E-state index contributed by atoms with van der Waals surface area (Å²) in [5.41, 5.74) is 1.31. The molecule has 1 aliphatic carbocycles. The van der Waals surface area contributed by atoms with E-state index in [9.17, 15) is 19.5 Å². The standard InChI is InChI=1S/C44H50F3N5O5/c1-9-12-13-14-19-52-40(54)34-24(6)30-20-31-25(10-2)22(4)29(48-31)21-32-28(11-3)42(7)39(50-32)27(17-18-43(42,56)44(45,46)47)36-23(5)26(15-16-33(53)57-8)37(51-36)35(41(52)55)38(34)49-30/h11,17-18,20-21,23,26,49,51,56H,9-10,12-16,19H2,1-8H3/b28-11+,31-20?,32-21?,36-27?,37-35?/t23-,26-,42?,43?/m0/s1. The number of nitrogens with zero attached hydrogens (tertiary/aromatic N) is 3. The van der Waals surface area contributed by atoms with E-state index in [4.69, 9.17) is 14.7 Å². The lowest BCUT2D eigenvalue weighted by molar-refractivity contribution is -0.255. The molecule has 3 N–H and O–H groups in total. The fraction of sp³-hybridized carbons (Fsp3) is 0.477. The molecule has 4 atom stereocenters. The van der Waals surface area contributed by atoms with Crippen LogP contribution in [0.4, 0.5) is 13.2 Å². The summed E-state index contributed by atoms with van der Waals surface area (Å²) in [6.45, 7) is 12.9. The average molecular weight is 786 g/mol. The predicted octanol–water partition coefficient (Wildman–Crippen LogP) is 9.38. The summed E-state index contributed by atoms with van der Waals surface area (Å²) >= 11 is 0. The molecule has 0 aromatic carbocycles. The molecule has 0 saturated carbocycles. The SMILES string of the molecule is C/C=C1\c2cc3nc(cc4[nH]c5c(c6[nH]c(c7c(n2)C1(C)C(O)(C(F)(F)F)C=C7)[C@@H](C)[C@@H]6CCC(=O)OC)C(=O)N(CCCCCC)C(=O)c5c4C)C(CC)=C3C. The Labute approximate surface area is 330 Å². The number of halogens is 3. The lowest BCUT2D eigenvalue weighted by Crippen LogP contribution is -2.59. The number of nitrogens with one attached hydrogen (secondary N) is 2. The second kappa shape index (κ2) is 14.4. The van der Waals surface area contributed by atoms with E-state index in [1.165, 1.54) is 25.0 Å². The number of fused-ring (bicyclic) bond motifs is 8. The van der Waals surface area contributed by atoms with Crippen LogP contribution in [0.25, 0.3) is 33.8 Å². The number of rotatable bonds is 9. The number of imide groups is 1. The van der Waals surface area contributed by atoms with Crippen molar-refractivity contribution in [3.8, 4) is 0 Å². The van der Waals surface area contributed by atoms with Crippen molar-refractivity contribution >= 4 is 51.6 Å².